The predicted molar refractivity (Wildman–Crippen MR) is 102 cm³/mol. The molecule has 0 rings (SSSR count). The van der Waals surface area contributed by atoms with Crippen LogP contribution in [0.1, 0.15) is 53.4 Å². The average molecular weight is 316 g/mol. The van der Waals surface area contributed by atoms with Crippen molar-refractivity contribution >= 4 is 5.91 Å². The number of allylic oxidation sites excluding steroid dienone is 6. The summed E-state index contributed by atoms with van der Waals surface area (Å²) in [6, 6.07) is 0. The second-order valence-corrected chi connectivity index (χ2v) is 5.80. The number of carbonyl (C=O) groups is 1. The van der Waals surface area contributed by atoms with Crippen molar-refractivity contribution in [1.82, 2.24) is 5.32 Å². The Hall–Kier alpha value is -1.83. The standard InChI is InChI=1S/C21H33NO/c1-7-12-13-16-19(10-4)21(6,11-5)20(23)22-17-18(14-8-2)15-9-3/h8-9,12-14,16H,2-3,7,10-11,15,17H2,1,4-6H3,(H,22,23)/b13-12?,18-14+,19-16+. The Bertz CT molecular complexity index is 482. The van der Waals surface area contributed by atoms with Crippen molar-refractivity contribution in [2.75, 3.05) is 6.54 Å². The lowest BCUT2D eigenvalue weighted by atomic mass is 9.77. The molecule has 1 atom stereocenters. The fourth-order valence-electron chi connectivity index (χ4n) is 2.49. The van der Waals surface area contributed by atoms with Gasteiger partial charge in [-0.25, -0.2) is 0 Å². The lowest BCUT2D eigenvalue weighted by molar-refractivity contribution is -0.128. The van der Waals surface area contributed by atoms with Crippen molar-refractivity contribution in [3.8, 4) is 0 Å². The fourth-order valence-corrected chi connectivity index (χ4v) is 2.49. The van der Waals surface area contributed by atoms with Gasteiger partial charge in [-0.1, -0.05) is 69.4 Å². The Morgan fingerprint density at radius 2 is 1.87 bits per heavy atom. The van der Waals surface area contributed by atoms with Gasteiger partial charge >= 0.3 is 0 Å². The van der Waals surface area contributed by atoms with Gasteiger partial charge in [0.25, 0.3) is 0 Å². The minimum absolute atomic E-state index is 0.0806. The van der Waals surface area contributed by atoms with Crippen molar-refractivity contribution in [1.29, 1.82) is 0 Å². The number of rotatable bonds is 11. The van der Waals surface area contributed by atoms with Crippen LogP contribution in [0.25, 0.3) is 0 Å². The molecule has 0 aliphatic heterocycles. The molecule has 1 N–H and O–H groups in total. The van der Waals surface area contributed by atoms with Gasteiger partial charge < -0.3 is 5.32 Å². The van der Waals surface area contributed by atoms with E-state index in [1.165, 1.54) is 5.57 Å². The molecule has 0 aliphatic rings. The highest BCUT2D eigenvalue weighted by molar-refractivity contribution is 5.85. The van der Waals surface area contributed by atoms with Gasteiger partial charge in [0.1, 0.15) is 0 Å². The average Bonchev–Trinajstić information content (AvgIpc) is 2.56. The third-order valence-electron chi connectivity index (χ3n) is 4.20. The number of hydrogen-bond donors (Lipinski definition) is 1. The maximum atomic E-state index is 12.8. The van der Waals surface area contributed by atoms with Crippen LogP contribution in [0.4, 0.5) is 0 Å². The van der Waals surface area contributed by atoms with E-state index in [1.807, 2.05) is 19.1 Å². The molecule has 2 heteroatoms. The number of carbonyl (C=O) groups excluding carboxylic acids is 1. The van der Waals surface area contributed by atoms with Gasteiger partial charge in [-0.3, -0.25) is 4.79 Å². The third kappa shape index (κ3) is 6.85. The van der Waals surface area contributed by atoms with Crippen LogP contribution in [0.3, 0.4) is 0 Å². The highest BCUT2D eigenvalue weighted by Gasteiger charge is 2.33. The first-order valence-electron chi connectivity index (χ1n) is 8.55. The monoisotopic (exact) mass is 315 g/mol. The van der Waals surface area contributed by atoms with E-state index in [1.54, 1.807) is 6.08 Å². The summed E-state index contributed by atoms with van der Waals surface area (Å²) in [7, 11) is 0. The van der Waals surface area contributed by atoms with Crippen LogP contribution in [0, 0.1) is 5.41 Å². The Morgan fingerprint density at radius 3 is 2.35 bits per heavy atom. The summed E-state index contributed by atoms with van der Waals surface area (Å²) >= 11 is 0. The largest absolute Gasteiger partial charge is 0.352 e. The van der Waals surface area contributed by atoms with Crippen molar-refractivity contribution in [2.24, 2.45) is 5.41 Å². The molecular formula is C21H33NO. The Balaban J connectivity index is 5.17. The van der Waals surface area contributed by atoms with Crippen LogP contribution in [0.15, 0.2) is 60.8 Å². The molecule has 0 aromatic rings. The van der Waals surface area contributed by atoms with Crippen LogP contribution >= 0.6 is 0 Å². The van der Waals surface area contributed by atoms with Crippen molar-refractivity contribution in [3.05, 3.63) is 60.8 Å². The molecule has 0 spiro atoms. The molecule has 0 saturated carbocycles. The van der Waals surface area contributed by atoms with Gasteiger partial charge in [-0.15, -0.1) is 6.58 Å². The molecule has 1 unspecified atom stereocenters. The zero-order chi connectivity index (χ0) is 17.7. The van der Waals surface area contributed by atoms with E-state index in [0.717, 1.165) is 31.3 Å². The van der Waals surface area contributed by atoms with E-state index in [0.29, 0.717) is 6.54 Å². The summed E-state index contributed by atoms with van der Waals surface area (Å²) in [5.41, 5.74) is 1.80. The Labute approximate surface area is 142 Å². The summed E-state index contributed by atoms with van der Waals surface area (Å²) in [4.78, 5) is 12.8. The van der Waals surface area contributed by atoms with Gasteiger partial charge in [-0.05, 0) is 38.2 Å². The van der Waals surface area contributed by atoms with Crippen molar-refractivity contribution in [2.45, 2.75) is 53.4 Å². The zero-order valence-electron chi connectivity index (χ0n) is 15.3. The Kier molecular flexibility index (Phi) is 10.8. The maximum absolute atomic E-state index is 12.8. The van der Waals surface area contributed by atoms with Crippen molar-refractivity contribution in [3.63, 3.8) is 0 Å². The second kappa shape index (κ2) is 11.7. The Morgan fingerprint density at radius 1 is 1.17 bits per heavy atom. The highest BCUT2D eigenvalue weighted by Crippen LogP contribution is 2.33. The van der Waals surface area contributed by atoms with E-state index < -0.39 is 5.41 Å². The fraction of sp³-hybridized carbons (Fsp3) is 0.476. The summed E-state index contributed by atoms with van der Waals surface area (Å²) in [5, 5.41) is 3.08. The molecule has 0 fully saturated rings. The predicted octanol–water partition coefficient (Wildman–Crippen LogP) is 5.51. The van der Waals surface area contributed by atoms with E-state index in [9.17, 15) is 4.79 Å². The molecule has 0 saturated heterocycles. The second-order valence-electron chi connectivity index (χ2n) is 5.80. The lowest BCUT2D eigenvalue weighted by Crippen LogP contribution is -2.40. The van der Waals surface area contributed by atoms with Crippen LogP contribution in [0.5, 0.6) is 0 Å². The van der Waals surface area contributed by atoms with Crippen LogP contribution in [0.2, 0.25) is 0 Å². The molecule has 23 heavy (non-hydrogen) atoms. The molecule has 128 valence electrons. The molecule has 0 aromatic carbocycles. The highest BCUT2D eigenvalue weighted by atomic mass is 16.2. The zero-order valence-corrected chi connectivity index (χ0v) is 15.3. The van der Waals surface area contributed by atoms with E-state index in [-0.39, 0.29) is 5.91 Å². The first-order chi connectivity index (χ1) is 11.0. The molecule has 0 heterocycles. The summed E-state index contributed by atoms with van der Waals surface area (Å²) in [5.74, 6) is 0.0806. The normalized spacial score (nSPS) is 15.3. The maximum Gasteiger partial charge on any atom is 0.230 e. The number of amides is 1. The number of nitrogens with one attached hydrogen (secondary N) is 1. The SMILES string of the molecule is C=C/C=C(\CC=C)CNC(=O)C(C)(CC)/C(=C/C=CCC)CC. The van der Waals surface area contributed by atoms with Gasteiger partial charge in [0.15, 0.2) is 0 Å². The molecule has 0 radical (unpaired) electrons. The molecule has 0 aromatic heterocycles. The van der Waals surface area contributed by atoms with E-state index in [2.05, 4.69) is 57.5 Å². The summed E-state index contributed by atoms with van der Waals surface area (Å²) in [6.07, 6.45) is 15.2. The number of hydrogen-bond acceptors (Lipinski definition) is 1. The summed E-state index contributed by atoms with van der Waals surface area (Å²) < 4.78 is 0. The van der Waals surface area contributed by atoms with Crippen LogP contribution in [-0.4, -0.2) is 12.5 Å². The van der Waals surface area contributed by atoms with Crippen LogP contribution < -0.4 is 5.32 Å². The van der Waals surface area contributed by atoms with Crippen LogP contribution in [-0.2, 0) is 4.79 Å². The van der Waals surface area contributed by atoms with Gasteiger partial charge in [0.05, 0.1) is 5.41 Å². The summed E-state index contributed by atoms with van der Waals surface area (Å²) in [6.45, 7) is 16.3. The van der Waals surface area contributed by atoms with Gasteiger partial charge in [0, 0.05) is 6.54 Å². The molecule has 2 nitrogen and oxygen atoms in total. The third-order valence-corrected chi connectivity index (χ3v) is 4.20. The first kappa shape index (κ1) is 21.2. The quantitative estimate of drug-likeness (QED) is 0.395. The molecule has 1 amide bonds. The molecule has 0 bridgehead atoms. The lowest BCUT2D eigenvalue weighted by Gasteiger charge is -2.30. The van der Waals surface area contributed by atoms with Crippen molar-refractivity contribution < 1.29 is 4.79 Å². The van der Waals surface area contributed by atoms with Gasteiger partial charge in [0.2, 0.25) is 5.91 Å². The van der Waals surface area contributed by atoms with Gasteiger partial charge in [-0.2, -0.15) is 0 Å². The molecular weight excluding hydrogens is 282 g/mol. The van der Waals surface area contributed by atoms with E-state index in [4.69, 9.17) is 0 Å². The topological polar surface area (TPSA) is 29.1 Å². The first-order valence-corrected chi connectivity index (χ1v) is 8.55. The molecule has 0 aliphatic carbocycles. The minimum atomic E-state index is -0.472. The van der Waals surface area contributed by atoms with E-state index >= 15 is 0 Å². The minimum Gasteiger partial charge on any atom is -0.352 e. The smallest absolute Gasteiger partial charge is 0.230 e.